The zero-order valence-electron chi connectivity index (χ0n) is 15.4. The first-order valence-electron chi connectivity index (χ1n) is 8.89. The Morgan fingerprint density at radius 2 is 1.93 bits per heavy atom. The van der Waals surface area contributed by atoms with Gasteiger partial charge in [-0.15, -0.1) is 0 Å². The second-order valence-electron chi connectivity index (χ2n) is 6.88. The minimum Gasteiger partial charge on any atom is -0.324 e. The lowest BCUT2D eigenvalue weighted by Gasteiger charge is -2.21. The van der Waals surface area contributed by atoms with E-state index in [-0.39, 0.29) is 6.54 Å². The molecule has 2 N–H and O–H groups in total. The van der Waals surface area contributed by atoms with Gasteiger partial charge >= 0.3 is 6.03 Å². The van der Waals surface area contributed by atoms with Gasteiger partial charge in [0, 0.05) is 5.69 Å². The van der Waals surface area contributed by atoms with Crippen LogP contribution in [-0.2, 0) is 16.0 Å². The fraction of sp³-hybridized carbons (Fsp3) is 0.238. The standard InChI is InChI=1S/C21H20N4O3/c1-21(11-10-15-6-3-2-4-7-15)19(27)25(20(28)24-21)14-18(26)23-17-9-5-8-16(12-17)13-22/h2-9,12H,10-11,14H2,1H3,(H,23,26)(H,24,28)/t21-/m0/s1. The lowest BCUT2D eigenvalue weighted by atomic mass is 9.93. The quantitative estimate of drug-likeness (QED) is 0.756. The van der Waals surface area contributed by atoms with Crippen LogP contribution in [0.2, 0.25) is 0 Å². The number of nitrogens with zero attached hydrogens (tertiary/aromatic N) is 2. The lowest BCUT2D eigenvalue weighted by molar-refractivity contribution is -0.133. The summed E-state index contributed by atoms with van der Waals surface area (Å²) in [5, 5.41) is 14.2. The molecule has 1 heterocycles. The van der Waals surface area contributed by atoms with Crippen molar-refractivity contribution in [1.82, 2.24) is 10.2 Å². The summed E-state index contributed by atoms with van der Waals surface area (Å²) in [6, 6.07) is 17.5. The molecule has 0 aliphatic carbocycles. The van der Waals surface area contributed by atoms with Crippen LogP contribution in [0.25, 0.3) is 0 Å². The van der Waals surface area contributed by atoms with Gasteiger partial charge in [-0.1, -0.05) is 36.4 Å². The largest absolute Gasteiger partial charge is 0.325 e. The van der Waals surface area contributed by atoms with Crippen molar-refractivity contribution in [2.24, 2.45) is 0 Å². The van der Waals surface area contributed by atoms with Crippen LogP contribution in [0.4, 0.5) is 10.5 Å². The van der Waals surface area contributed by atoms with Crippen LogP contribution < -0.4 is 10.6 Å². The molecule has 2 aromatic rings. The molecule has 1 saturated heterocycles. The first-order valence-corrected chi connectivity index (χ1v) is 8.89. The maximum absolute atomic E-state index is 12.8. The summed E-state index contributed by atoms with van der Waals surface area (Å²) in [5.41, 5.74) is 0.858. The molecule has 7 nitrogen and oxygen atoms in total. The maximum atomic E-state index is 12.8. The molecule has 1 aliphatic heterocycles. The number of benzene rings is 2. The number of anilines is 1. The van der Waals surface area contributed by atoms with Crippen molar-refractivity contribution in [2.75, 3.05) is 11.9 Å². The summed E-state index contributed by atoms with van der Waals surface area (Å²) >= 11 is 0. The third-order valence-electron chi connectivity index (χ3n) is 4.68. The first kappa shape index (κ1) is 19.1. The van der Waals surface area contributed by atoms with E-state index in [2.05, 4.69) is 10.6 Å². The number of urea groups is 1. The maximum Gasteiger partial charge on any atom is 0.325 e. The highest BCUT2D eigenvalue weighted by molar-refractivity contribution is 6.09. The molecule has 0 radical (unpaired) electrons. The fourth-order valence-corrected chi connectivity index (χ4v) is 3.11. The Balaban J connectivity index is 1.62. The van der Waals surface area contributed by atoms with Crippen LogP contribution in [0.5, 0.6) is 0 Å². The summed E-state index contributed by atoms with van der Waals surface area (Å²) in [5.74, 6) is -0.930. The van der Waals surface area contributed by atoms with Crippen molar-refractivity contribution in [1.29, 1.82) is 5.26 Å². The van der Waals surface area contributed by atoms with Gasteiger partial charge in [0.15, 0.2) is 0 Å². The van der Waals surface area contributed by atoms with Crippen molar-refractivity contribution >= 4 is 23.5 Å². The molecular weight excluding hydrogens is 356 g/mol. The van der Waals surface area contributed by atoms with Crippen molar-refractivity contribution < 1.29 is 14.4 Å². The number of carbonyl (C=O) groups is 3. The molecule has 7 heteroatoms. The highest BCUT2D eigenvalue weighted by Gasteiger charge is 2.47. The molecule has 1 aliphatic rings. The van der Waals surface area contributed by atoms with E-state index in [1.165, 1.54) is 6.07 Å². The number of carbonyl (C=O) groups excluding carboxylic acids is 3. The third kappa shape index (κ3) is 4.18. The summed E-state index contributed by atoms with van der Waals surface area (Å²) < 4.78 is 0. The topological polar surface area (TPSA) is 102 Å². The van der Waals surface area contributed by atoms with Crippen LogP contribution in [0.3, 0.4) is 0 Å². The van der Waals surface area contributed by atoms with Gasteiger partial charge in [0.1, 0.15) is 12.1 Å². The number of nitrogens with one attached hydrogen (secondary N) is 2. The molecule has 0 spiro atoms. The smallest absolute Gasteiger partial charge is 0.324 e. The van der Waals surface area contributed by atoms with Gasteiger partial charge in [0.25, 0.3) is 5.91 Å². The van der Waals surface area contributed by atoms with Crippen LogP contribution in [0, 0.1) is 11.3 Å². The Hall–Kier alpha value is -3.66. The van der Waals surface area contributed by atoms with E-state index in [9.17, 15) is 14.4 Å². The van der Waals surface area contributed by atoms with E-state index >= 15 is 0 Å². The number of rotatable bonds is 6. The van der Waals surface area contributed by atoms with Gasteiger partial charge in [-0.3, -0.25) is 14.5 Å². The van der Waals surface area contributed by atoms with E-state index in [0.717, 1.165) is 10.5 Å². The van der Waals surface area contributed by atoms with Crippen LogP contribution in [0.15, 0.2) is 54.6 Å². The van der Waals surface area contributed by atoms with Gasteiger partial charge in [-0.05, 0) is 43.5 Å². The molecule has 0 bridgehead atoms. The Kier molecular flexibility index (Phi) is 5.41. The average Bonchev–Trinajstić information content (AvgIpc) is 2.91. The minimum absolute atomic E-state index is 0.387. The van der Waals surface area contributed by atoms with Crippen molar-refractivity contribution in [3.8, 4) is 6.07 Å². The number of imide groups is 1. The van der Waals surface area contributed by atoms with Gasteiger partial charge < -0.3 is 10.6 Å². The molecule has 1 atom stereocenters. The van der Waals surface area contributed by atoms with E-state index < -0.39 is 23.4 Å². The Morgan fingerprint density at radius 3 is 2.64 bits per heavy atom. The van der Waals surface area contributed by atoms with Gasteiger partial charge in [-0.2, -0.15) is 5.26 Å². The predicted octanol–water partition coefficient (Wildman–Crippen LogP) is 2.44. The molecule has 2 aromatic carbocycles. The predicted molar refractivity (Wildman–Crippen MR) is 103 cm³/mol. The summed E-state index contributed by atoms with van der Waals surface area (Å²) in [6.45, 7) is 1.28. The van der Waals surface area contributed by atoms with E-state index in [0.29, 0.717) is 24.1 Å². The monoisotopic (exact) mass is 376 g/mol. The average molecular weight is 376 g/mol. The summed E-state index contributed by atoms with van der Waals surface area (Å²) in [7, 11) is 0. The van der Waals surface area contributed by atoms with Gasteiger partial charge in [0.2, 0.25) is 5.91 Å². The Morgan fingerprint density at radius 1 is 1.18 bits per heavy atom. The van der Waals surface area contributed by atoms with Crippen molar-refractivity contribution in [3.05, 3.63) is 65.7 Å². The zero-order chi connectivity index (χ0) is 20.1. The van der Waals surface area contributed by atoms with E-state index in [4.69, 9.17) is 5.26 Å². The Bertz CT molecular complexity index is 952. The number of nitriles is 1. The van der Waals surface area contributed by atoms with Crippen LogP contribution in [-0.4, -0.2) is 34.8 Å². The molecule has 28 heavy (non-hydrogen) atoms. The number of hydrogen-bond acceptors (Lipinski definition) is 4. The molecule has 4 amide bonds. The normalized spacial score (nSPS) is 18.5. The van der Waals surface area contributed by atoms with Crippen LogP contribution in [0.1, 0.15) is 24.5 Å². The minimum atomic E-state index is -1.05. The lowest BCUT2D eigenvalue weighted by Crippen LogP contribution is -2.45. The first-order chi connectivity index (χ1) is 13.4. The molecule has 0 saturated carbocycles. The zero-order valence-corrected chi connectivity index (χ0v) is 15.4. The molecule has 1 fully saturated rings. The molecule has 0 aromatic heterocycles. The SMILES string of the molecule is C[C@@]1(CCc2ccccc2)NC(=O)N(CC(=O)Nc2cccc(C#N)c2)C1=O. The summed E-state index contributed by atoms with van der Waals surface area (Å²) in [4.78, 5) is 38.2. The molecule has 142 valence electrons. The molecular formula is C21H20N4O3. The number of amides is 4. The molecule has 3 rings (SSSR count). The second-order valence-corrected chi connectivity index (χ2v) is 6.88. The second kappa shape index (κ2) is 7.92. The molecule has 0 unspecified atom stereocenters. The third-order valence-corrected chi connectivity index (χ3v) is 4.68. The van der Waals surface area contributed by atoms with Crippen molar-refractivity contribution in [3.63, 3.8) is 0 Å². The number of hydrogen-bond donors (Lipinski definition) is 2. The number of aryl methyl sites for hydroxylation is 1. The highest BCUT2D eigenvalue weighted by Crippen LogP contribution is 2.23. The summed E-state index contributed by atoms with van der Waals surface area (Å²) in [6.07, 6.45) is 1.06. The van der Waals surface area contributed by atoms with E-state index in [1.807, 2.05) is 36.4 Å². The van der Waals surface area contributed by atoms with Crippen LogP contribution >= 0.6 is 0 Å². The fourth-order valence-electron chi connectivity index (χ4n) is 3.11. The van der Waals surface area contributed by atoms with Crippen molar-refractivity contribution in [2.45, 2.75) is 25.3 Å². The Labute approximate surface area is 163 Å². The van der Waals surface area contributed by atoms with Gasteiger partial charge in [-0.25, -0.2) is 4.79 Å². The highest BCUT2D eigenvalue weighted by atomic mass is 16.2. The van der Waals surface area contributed by atoms with E-state index in [1.54, 1.807) is 25.1 Å². The van der Waals surface area contributed by atoms with Gasteiger partial charge in [0.05, 0.1) is 11.6 Å².